The van der Waals surface area contributed by atoms with Gasteiger partial charge in [-0.2, -0.15) is 0 Å². The predicted octanol–water partition coefficient (Wildman–Crippen LogP) is 3.27. The lowest BCUT2D eigenvalue weighted by Crippen LogP contribution is -2.34. The van der Waals surface area contributed by atoms with Crippen LogP contribution in [-0.4, -0.2) is 30.5 Å². The van der Waals surface area contributed by atoms with Crippen molar-refractivity contribution in [2.75, 3.05) is 19.8 Å². The lowest BCUT2D eigenvalue weighted by Gasteiger charge is -2.19. The van der Waals surface area contributed by atoms with E-state index in [2.05, 4.69) is 27.8 Å². The van der Waals surface area contributed by atoms with Gasteiger partial charge in [0.15, 0.2) is 11.5 Å². The zero-order valence-corrected chi connectivity index (χ0v) is 14.5. The zero-order valence-electron chi connectivity index (χ0n) is 12.9. The van der Waals surface area contributed by atoms with Crippen molar-refractivity contribution in [2.45, 2.75) is 32.9 Å². The number of benzene rings is 1. The van der Waals surface area contributed by atoms with E-state index in [1.807, 2.05) is 19.1 Å². The van der Waals surface area contributed by atoms with Gasteiger partial charge in [0, 0.05) is 13.1 Å². The van der Waals surface area contributed by atoms with Crippen molar-refractivity contribution in [3.63, 3.8) is 0 Å². The van der Waals surface area contributed by atoms with Crippen molar-refractivity contribution in [1.29, 1.82) is 0 Å². The van der Waals surface area contributed by atoms with Crippen LogP contribution in [0.3, 0.4) is 0 Å². The fourth-order valence-corrected chi connectivity index (χ4v) is 2.39. The van der Waals surface area contributed by atoms with Gasteiger partial charge >= 0.3 is 0 Å². The molecule has 4 nitrogen and oxygen atoms in total. The second-order valence-electron chi connectivity index (χ2n) is 5.35. The molecule has 1 aromatic carbocycles. The minimum atomic E-state index is -0.729. The van der Waals surface area contributed by atoms with Gasteiger partial charge in [-0.1, -0.05) is 12.7 Å². The van der Waals surface area contributed by atoms with E-state index in [1.165, 1.54) is 0 Å². The summed E-state index contributed by atoms with van der Waals surface area (Å²) in [6.07, 6.45) is 1.70. The van der Waals surface area contributed by atoms with Gasteiger partial charge in [-0.15, -0.1) is 0 Å². The summed E-state index contributed by atoms with van der Waals surface area (Å²) in [6, 6.07) is 3.93. The van der Waals surface area contributed by atoms with Gasteiger partial charge in [0.2, 0.25) is 0 Å². The molecule has 5 heteroatoms. The summed E-state index contributed by atoms with van der Waals surface area (Å²) in [5.74, 6) is 1.39. The molecule has 0 spiro atoms. The molecule has 0 fully saturated rings. The molecule has 0 amide bonds. The minimum absolute atomic E-state index is 0.426. The Hall–Kier alpha value is -1.04. The van der Waals surface area contributed by atoms with E-state index in [1.54, 1.807) is 19.9 Å². The highest BCUT2D eigenvalue weighted by Crippen LogP contribution is 2.37. The Labute approximate surface area is 135 Å². The second kappa shape index (κ2) is 8.41. The number of aliphatic hydroxyl groups is 1. The van der Waals surface area contributed by atoms with E-state index in [9.17, 15) is 5.11 Å². The molecule has 118 valence electrons. The summed E-state index contributed by atoms with van der Waals surface area (Å²) in [4.78, 5) is 0. The maximum absolute atomic E-state index is 9.70. The van der Waals surface area contributed by atoms with Crippen LogP contribution in [0.2, 0.25) is 0 Å². The van der Waals surface area contributed by atoms with Gasteiger partial charge in [0.1, 0.15) is 6.61 Å². The van der Waals surface area contributed by atoms with E-state index < -0.39 is 5.60 Å². The molecule has 0 saturated heterocycles. The van der Waals surface area contributed by atoms with Crippen molar-refractivity contribution < 1.29 is 14.6 Å². The molecular formula is C16H24BrNO3. The molecule has 0 atom stereocenters. The molecule has 0 radical (unpaired) electrons. The van der Waals surface area contributed by atoms with Crippen LogP contribution < -0.4 is 14.8 Å². The topological polar surface area (TPSA) is 50.7 Å². The zero-order chi connectivity index (χ0) is 15.9. The van der Waals surface area contributed by atoms with Gasteiger partial charge in [0.25, 0.3) is 0 Å². The molecule has 0 unspecified atom stereocenters. The van der Waals surface area contributed by atoms with Gasteiger partial charge < -0.3 is 19.9 Å². The first-order valence-corrected chi connectivity index (χ1v) is 7.78. The summed E-state index contributed by atoms with van der Waals surface area (Å²) in [7, 11) is 0. The maximum Gasteiger partial charge on any atom is 0.175 e. The quantitative estimate of drug-likeness (QED) is 0.666. The first kappa shape index (κ1) is 18.0. The normalized spacial score (nSPS) is 11.3. The number of ether oxygens (including phenoxy) is 2. The number of nitrogens with one attached hydrogen (secondary N) is 1. The Balaban J connectivity index is 2.84. The number of hydrogen-bond acceptors (Lipinski definition) is 4. The third-order valence-corrected chi connectivity index (χ3v) is 3.19. The van der Waals surface area contributed by atoms with Crippen LogP contribution in [0, 0.1) is 0 Å². The molecule has 21 heavy (non-hydrogen) atoms. The maximum atomic E-state index is 9.70. The Morgan fingerprint density at radius 1 is 1.38 bits per heavy atom. The molecule has 0 aliphatic rings. The van der Waals surface area contributed by atoms with Gasteiger partial charge in [-0.25, -0.2) is 0 Å². The molecule has 0 aromatic heterocycles. The molecule has 0 saturated carbocycles. The van der Waals surface area contributed by atoms with Crippen molar-refractivity contribution >= 4 is 15.9 Å². The Morgan fingerprint density at radius 3 is 2.67 bits per heavy atom. The van der Waals surface area contributed by atoms with Gasteiger partial charge in [0.05, 0.1) is 16.7 Å². The Kier molecular flexibility index (Phi) is 7.22. The largest absolute Gasteiger partial charge is 0.490 e. The Morgan fingerprint density at radius 2 is 2.10 bits per heavy atom. The van der Waals surface area contributed by atoms with Gasteiger partial charge in [-0.3, -0.25) is 0 Å². The van der Waals surface area contributed by atoms with E-state index in [0.29, 0.717) is 37.8 Å². The van der Waals surface area contributed by atoms with Crippen LogP contribution in [0.25, 0.3) is 0 Å². The van der Waals surface area contributed by atoms with Crippen LogP contribution in [-0.2, 0) is 6.54 Å². The molecule has 2 N–H and O–H groups in total. The van der Waals surface area contributed by atoms with E-state index in [0.717, 1.165) is 10.0 Å². The number of halogens is 1. The predicted molar refractivity (Wildman–Crippen MR) is 89.0 cm³/mol. The third kappa shape index (κ3) is 6.50. The average molecular weight is 358 g/mol. The molecule has 0 heterocycles. The molecular weight excluding hydrogens is 334 g/mol. The SMILES string of the molecule is C=CCOc1c(Br)cc(CNCC(C)(C)O)cc1OCC. The van der Waals surface area contributed by atoms with Crippen LogP contribution in [0.15, 0.2) is 29.3 Å². The summed E-state index contributed by atoms with van der Waals surface area (Å²) < 4.78 is 12.1. The highest BCUT2D eigenvalue weighted by molar-refractivity contribution is 9.10. The molecule has 0 aliphatic heterocycles. The summed E-state index contributed by atoms with van der Waals surface area (Å²) >= 11 is 3.51. The van der Waals surface area contributed by atoms with E-state index >= 15 is 0 Å². The molecule has 1 aromatic rings. The molecule has 1 rings (SSSR count). The van der Waals surface area contributed by atoms with E-state index in [-0.39, 0.29) is 0 Å². The van der Waals surface area contributed by atoms with Crippen molar-refractivity contribution in [3.8, 4) is 11.5 Å². The van der Waals surface area contributed by atoms with Crippen LogP contribution in [0.5, 0.6) is 11.5 Å². The minimum Gasteiger partial charge on any atom is -0.490 e. The molecule has 0 aliphatic carbocycles. The fourth-order valence-electron chi connectivity index (χ4n) is 1.78. The van der Waals surface area contributed by atoms with Crippen molar-refractivity contribution in [3.05, 3.63) is 34.8 Å². The smallest absolute Gasteiger partial charge is 0.175 e. The third-order valence-electron chi connectivity index (χ3n) is 2.60. The lowest BCUT2D eigenvalue weighted by atomic mass is 10.1. The highest BCUT2D eigenvalue weighted by atomic mass is 79.9. The fraction of sp³-hybridized carbons (Fsp3) is 0.500. The van der Waals surface area contributed by atoms with Crippen LogP contribution in [0.1, 0.15) is 26.3 Å². The highest BCUT2D eigenvalue weighted by Gasteiger charge is 2.14. The lowest BCUT2D eigenvalue weighted by molar-refractivity contribution is 0.0795. The summed E-state index contributed by atoms with van der Waals surface area (Å²) in [5.41, 5.74) is 0.327. The number of hydrogen-bond donors (Lipinski definition) is 2. The first-order valence-electron chi connectivity index (χ1n) is 6.99. The summed E-state index contributed by atoms with van der Waals surface area (Å²) in [5, 5.41) is 12.9. The van der Waals surface area contributed by atoms with Crippen molar-refractivity contribution in [1.82, 2.24) is 5.32 Å². The average Bonchev–Trinajstić information content (AvgIpc) is 2.36. The standard InChI is InChI=1S/C16H24BrNO3/c1-5-7-21-15-13(17)8-12(9-14(15)20-6-2)10-18-11-16(3,4)19/h5,8-9,18-19H,1,6-7,10-11H2,2-4H3. The van der Waals surface area contributed by atoms with E-state index in [4.69, 9.17) is 9.47 Å². The monoisotopic (exact) mass is 357 g/mol. The van der Waals surface area contributed by atoms with Crippen molar-refractivity contribution in [2.24, 2.45) is 0 Å². The second-order valence-corrected chi connectivity index (χ2v) is 6.21. The first-order chi connectivity index (χ1) is 9.87. The molecule has 0 bridgehead atoms. The van der Waals surface area contributed by atoms with Crippen LogP contribution >= 0.6 is 15.9 Å². The summed E-state index contributed by atoms with van der Waals surface area (Å²) in [6.45, 7) is 11.3. The Bertz CT molecular complexity index is 469. The van der Waals surface area contributed by atoms with Crippen LogP contribution in [0.4, 0.5) is 0 Å². The van der Waals surface area contributed by atoms with Gasteiger partial charge in [-0.05, 0) is 54.4 Å². The number of rotatable bonds is 9.